The molecule has 2 aromatic rings. The molecule has 0 spiro atoms. The van der Waals surface area contributed by atoms with Gasteiger partial charge in [0.2, 0.25) is 0 Å². The fourth-order valence-electron chi connectivity index (χ4n) is 4.00. The Kier molecular flexibility index (Phi) is 4.33. The van der Waals surface area contributed by atoms with E-state index in [1.807, 2.05) is 13.2 Å². The first-order valence-corrected chi connectivity index (χ1v) is 8.98. The molecule has 1 saturated carbocycles. The van der Waals surface area contributed by atoms with Gasteiger partial charge in [0.15, 0.2) is 5.82 Å². The van der Waals surface area contributed by atoms with Crippen molar-refractivity contribution < 1.29 is 4.74 Å². The van der Waals surface area contributed by atoms with Gasteiger partial charge in [0.05, 0.1) is 18.3 Å². The van der Waals surface area contributed by atoms with Crippen LogP contribution in [-0.4, -0.2) is 39.9 Å². The summed E-state index contributed by atoms with van der Waals surface area (Å²) in [6.45, 7) is 1.67. The monoisotopic (exact) mass is 346 g/mol. The molecule has 1 aliphatic heterocycles. The van der Waals surface area contributed by atoms with E-state index in [-0.39, 0.29) is 0 Å². The van der Waals surface area contributed by atoms with Gasteiger partial charge in [-0.15, -0.1) is 10.2 Å². The molecular formula is C18H23ClN4O. The normalized spacial score (nSPS) is 24.3. The van der Waals surface area contributed by atoms with Crippen LogP contribution in [0.4, 0.5) is 0 Å². The summed E-state index contributed by atoms with van der Waals surface area (Å²) in [5.74, 6) is 2.56. The van der Waals surface area contributed by atoms with Gasteiger partial charge in [-0.1, -0.05) is 11.6 Å². The predicted octanol–water partition coefficient (Wildman–Crippen LogP) is 3.54. The molecule has 0 radical (unpaired) electrons. The van der Waals surface area contributed by atoms with Crippen LogP contribution in [0, 0.1) is 0 Å². The number of halogens is 1. The lowest BCUT2D eigenvalue weighted by Gasteiger charge is -2.27. The average Bonchev–Trinajstić information content (AvgIpc) is 2.92. The van der Waals surface area contributed by atoms with Crippen molar-refractivity contribution in [1.82, 2.24) is 19.7 Å². The van der Waals surface area contributed by atoms with E-state index >= 15 is 0 Å². The Balaban J connectivity index is 1.75. The molecule has 0 unspecified atom stereocenters. The molecule has 0 bridgehead atoms. The van der Waals surface area contributed by atoms with Gasteiger partial charge < -0.3 is 4.74 Å². The van der Waals surface area contributed by atoms with Crippen molar-refractivity contribution in [3.05, 3.63) is 40.4 Å². The molecule has 128 valence electrons. The summed E-state index contributed by atoms with van der Waals surface area (Å²) in [5, 5.41) is 9.87. The van der Waals surface area contributed by atoms with E-state index in [2.05, 4.69) is 38.8 Å². The van der Waals surface area contributed by atoms with E-state index in [1.54, 1.807) is 0 Å². The smallest absolute Gasteiger partial charge is 0.151 e. The molecule has 2 heterocycles. The molecule has 1 aliphatic carbocycles. The molecule has 1 aromatic heterocycles. The Hall–Kier alpha value is -1.43. The quantitative estimate of drug-likeness (QED) is 0.834. The summed E-state index contributed by atoms with van der Waals surface area (Å²) in [4.78, 5) is 2.26. The standard InChI is InChI=1S/C18H23ClN4O/c1-22-10-13-9-14(19)5-8-16(13)23-17(11-22)20-21-18(23)12-3-6-15(24-2)7-4-12/h5,8-9,12,15H,3-4,6-7,10-11H2,1-2H3. The number of benzene rings is 1. The molecule has 1 aromatic carbocycles. The summed E-state index contributed by atoms with van der Waals surface area (Å²) in [5.41, 5.74) is 2.41. The zero-order valence-electron chi connectivity index (χ0n) is 14.2. The maximum atomic E-state index is 6.23. The van der Waals surface area contributed by atoms with Gasteiger partial charge in [0.1, 0.15) is 5.82 Å². The SMILES string of the molecule is COC1CCC(c2nnc3n2-c2ccc(Cl)cc2CN(C)C3)CC1. The fraction of sp³-hybridized carbons (Fsp3) is 0.556. The van der Waals surface area contributed by atoms with Crippen molar-refractivity contribution in [1.29, 1.82) is 0 Å². The van der Waals surface area contributed by atoms with Crippen LogP contribution in [0.2, 0.25) is 5.02 Å². The van der Waals surface area contributed by atoms with Crippen LogP contribution in [0.25, 0.3) is 5.69 Å². The molecule has 0 saturated heterocycles. The van der Waals surface area contributed by atoms with Gasteiger partial charge in [0, 0.05) is 24.6 Å². The van der Waals surface area contributed by atoms with Gasteiger partial charge in [-0.05, 0) is 56.5 Å². The zero-order valence-corrected chi connectivity index (χ0v) is 15.0. The minimum Gasteiger partial charge on any atom is -0.381 e. The van der Waals surface area contributed by atoms with Crippen molar-refractivity contribution in [2.45, 2.75) is 50.8 Å². The number of ether oxygens (including phenoxy) is 1. The van der Waals surface area contributed by atoms with E-state index in [1.165, 1.54) is 11.3 Å². The lowest BCUT2D eigenvalue weighted by Crippen LogP contribution is -2.21. The zero-order chi connectivity index (χ0) is 16.7. The highest BCUT2D eigenvalue weighted by Gasteiger charge is 2.29. The first kappa shape index (κ1) is 16.1. The second kappa shape index (κ2) is 6.47. The van der Waals surface area contributed by atoms with Gasteiger partial charge in [-0.3, -0.25) is 9.47 Å². The molecule has 1 fully saturated rings. The largest absolute Gasteiger partial charge is 0.381 e. The summed E-state index contributed by atoms with van der Waals surface area (Å²) in [7, 11) is 3.92. The van der Waals surface area contributed by atoms with E-state index in [0.29, 0.717) is 12.0 Å². The van der Waals surface area contributed by atoms with Gasteiger partial charge in [-0.25, -0.2) is 0 Å². The van der Waals surface area contributed by atoms with Crippen LogP contribution in [0.1, 0.15) is 48.8 Å². The number of rotatable bonds is 2. The van der Waals surface area contributed by atoms with Crippen LogP contribution in [0.15, 0.2) is 18.2 Å². The molecule has 0 N–H and O–H groups in total. The number of fused-ring (bicyclic) bond motifs is 3. The molecule has 0 atom stereocenters. The maximum absolute atomic E-state index is 6.23. The van der Waals surface area contributed by atoms with E-state index in [4.69, 9.17) is 16.3 Å². The Labute approximate surface area is 147 Å². The highest BCUT2D eigenvalue weighted by molar-refractivity contribution is 6.30. The van der Waals surface area contributed by atoms with Gasteiger partial charge in [0.25, 0.3) is 0 Å². The number of hydrogen-bond acceptors (Lipinski definition) is 4. The van der Waals surface area contributed by atoms with Gasteiger partial charge in [-0.2, -0.15) is 0 Å². The van der Waals surface area contributed by atoms with Crippen molar-refractivity contribution in [2.75, 3.05) is 14.2 Å². The third-order valence-electron chi connectivity index (χ3n) is 5.26. The molecule has 0 amide bonds. The van der Waals surface area contributed by atoms with Crippen LogP contribution in [0.3, 0.4) is 0 Å². The van der Waals surface area contributed by atoms with Crippen LogP contribution < -0.4 is 0 Å². The molecule has 2 aliphatic rings. The third-order valence-corrected chi connectivity index (χ3v) is 5.50. The molecule has 5 nitrogen and oxygen atoms in total. The summed E-state index contributed by atoms with van der Waals surface area (Å²) >= 11 is 6.23. The first-order chi connectivity index (χ1) is 11.7. The van der Waals surface area contributed by atoms with Crippen molar-refractivity contribution in [3.8, 4) is 5.69 Å². The highest BCUT2D eigenvalue weighted by atomic mass is 35.5. The van der Waals surface area contributed by atoms with Crippen LogP contribution >= 0.6 is 11.6 Å². The molecular weight excluding hydrogens is 324 g/mol. The highest BCUT2D eigenvalue weighted by Crippen LogP contribution is 2.36. The van der Waals surface area contributed by atoms with Crippen LogP contribution in [-0.2, 0) is 17.8 Å². The van der Waals surface area contributed by atoms with Crippen molar-refractivity contribution in [2.24, 2.45) is 0 Å². The first-order valence-electron chi connectivity index (χ1n) is 8.60. The number of methoxy groups -OCH3 is 1. The Morgan fingerprint density at radius 2 is 1.92 bits per heavy atom. The summed E-state index contributed by atoms with van der Waals surface area (Å²) in [6.07, 6.45) is 4.79. The maximum Gasteiger partial charge on any atom is 0.151 e. The van der Waals surface area contributed by atoms with Crippen LogP contribution in [0.5, 0.6) is 0 Å². The number of aromatic nitrogens is 3. The van der Waals surface area contributed by atoms with Crippen molar-refractivity contribution >= 4 is 11.6 Å². The Morgan fingerprint density at radius 3 is 2.67 bits per heavy atom. The van der Waals surface area contributed by atoms with E-state index < -0.39 is 0 Å². The summed E-state index contributed by atoms with van der Waals surface area (Å²) in [6, 6.07) is 6.13. The van der Waals surface area contributed by atoms with E-state index in [0.717, 1.165) is 55.4 Å². The lowest BCUT2D eigenvalue weighted by atomic mass is 9.86. The summed E-state index contributed by atoms with van der Waals surface area (Å²) < 4.78 is 7.78. The minimum atomic E-state index is 0.394. The average molecular weight is 347 g/mol. The molecule has 24 heavy (non-hydrogen) atoms. The Morgan fingerprint density at radius 1 is 1.12 bits per heavy atom. The Bertz CT molecular complexity index is 737. The molecule has 4 rings (SSSR count). The predicted molar refractivity (Wildman–Crippen MR) is 93.5 cm³/mol. The number of hydrogen-bond donors (Lipinski definition) is 0. The topological polar surface area (TPSA) is 43.2 Å². The number of nitrogens with zero attached hydrogens (tertiary/aromatic N) is 4. The lowest BCUT2D eigenvalue weighted by molar-refractivity contribution is 0.0649. The van der Waals surface area contributed by atoms with Crippen molar-refractivity contribution in [3.63, 3.8) is 0 Å². The van der Waals surface area contributed by atoms with Gasteiger partial charge >= 0.3 is 0 Å². The fourth-order valence-corrected chi connectivity index (χ4v) is 4.20. The molecule has 6 heteroatoms. The second-order valence-corrected chi connectivity index (χ2v) is 7.40. The second-order valence-electron chi connectivity index (χ2n) is 6.96. The minimum absolute atomic E-state index is 0.394. The third kappa shape index (κ3) is 2.85. The van der Waals surface area contributed by atoms with E-state index in [9.17, 15) is 0 Å².